The second-order valence-electron chi connectivity index (χ2n) is 8.15. The van der Waals surface area contributed by atoms with E-state index in [1.807, 2.05) is 72.8 Å². The van der Waals surface area contributed by atoms with Crippen LogP contribution < -0.4 is 10.1 Å². The molecule has 4 aromatic carbocycles. The Morgan fingerprint density at radius 2 is 1.56 bits per heavy atom. The number of benzene rings is 4. The molecule has 1 fully saturated rings. The van der Waals surface area contributed by atoms with E-state index in [0.717, 1.165) is 33.0 Å². The summed E-state index contributed by atoms with van der Waals surface area (Å²) in [4.78, 5) is 39.5. The molecule has 3 amide bonds. The predicted octanol–water partition coefficient (Wildman–Crippen LogP) is 6.09. The Labute approximate surface area is 212 Å². The first-order valence-electron chi connectivity index (χ1n) is 11.4. The molecule has 6 nitrogen and oxygen atoms in total. The molecule has 178 valence electrons. The van der Waals surface area contributed by atoms with Crippen molar-refractivity contribution in [3.8, 4) is 5.75 Å². The molecule has 0 aromatic heterocycles. The van der Waals surface area contributed by atoms with Crippen LogP contribution in [0.5, 0.6) is 5.75 Å². The molecule has 1 aliphatic rings. The van der Waals surface area contributed by atoms with Crippen molar-refractivity contribution in [1.82, 2.24) is 4.90 Å². The Balaban J connectivity index is 1.41. The molecule has 0 spiro atoms. The van der Waals surface area contributed by atoms with Crippen LogP contribution in [0.3, 0.4) is 0 Å². The van der Waals surface area contributed by atoms with Gasteiger partial charge in [-0.25, -0.2) is 0 Å². The SMILES string of the molecule is O=C(CN1C(=O)S/C(=C/c2c(OCc3ccccc3)ccc3ccccc23)C1=O)Nc1ccccc1. The smallest absolute Gasteiger partial charge is 0.294 e. The van der Waals surface area contributed by atoms with Gasteiger partial charge < -0.3 is 10.1 Å². The van der Waals surface area contributed by atoms with E-state index in [-0.39, 0.29) is 11.4 Å². The Morgan fingerprint density at radius 3 is 2.33 bits per heavy atom. The van der Waals surface area contributed by atoms with Crippen molar-refractivity contribution >= 4 is 51.4 Å². The number of carbonyl (C=O) groups excluding carboxylic acids is 3. The monoisotopic (exact) mass is 494 g/mol. The zero-order chi connectivity index (χ0) is 24.9. The standard InChI is InChI=1S/C29H22N2O4S/c32-27(30-22-12-5-2-6-13-22)18-31-28(33)26(36-29(31)34)17-24-23-14-8-7-11-21(23)15-16-25(24)35-19-20-9-3-1-4-10-20/h1-17H,18-19H2,(H,30,32)/b26-17+. The van der Waals surface area contributed by atoms with Crippen LogP contribution in [0.4, 0.5) is 10.5 Å². The lowest BCUT2D eigenvalue weighted by Gasteiger charge is -2.13. The first-order valence-corrected chi connectivity index (χ1v) is 12.2. The fraction of sp³-hybridized carbons (Fsp3) is 0.0690. The Morgan fingerprint density at radius 1 is 0.861 bits per heavy atom. The average Bonchev–Trinajstić information content (AvgIpc) is 3.16. The van der Waals surface area contributed by atoms with Crippen molar-refractivity contribution in [2.24, 2.45) is 0 Å². The van der Waals surface area contributed by atoms with Gasteiger partial charge in [-0.2, -0.15) is 0 Å². The van der Waals surface area contributed by atoms with E-state index in [0.29, 0.717) is 23.6 Å². The number of anilines is 1. The summed E-state index contributed by atoms with van der Waals surface area (Å²) in [6, 6.07) is 30.3. The molecule has 7 heteroatoms. The summed E-state index contributed by atoms with van der Waals surface area (Å²) in [5.74, 6) is -0.344. The Bertz CT molecular complexity index is 1470. The van der Waals surface area contributed by atoms with Gasteiger partial charge in [-0.15, -0.1) is 0 Å². The fourth-order valence-corrected chi connectivity index (χ4v) is 4.74. The number of nitrogens with zero attached hydrogens (tertiary/aromatic N) is 1. The number of imide groups is 1. The van der Waals surface area contributed by atoms with Crippen LogP contribution in [0.15, 0.2) is 102 Å². The number of hydrogen-bond acceptors (Lipinski definition) is 5. The lowest BCUT2D eigenvalue weighted by molar-refractivity contribution is -0.127. The molecule has 4 aromatic rings. The maximum atomic E-state index is 13.1. The molecule has 1 heterocycles. The van der Waals surface area contributed by atoms with E-state index in [4.69, 9.17) is 4.74 Å². The molecule has 0 aliphatic carbocycles. The van der Waals surface area contributed by atoms with Crippen molar-refractivity contribution in [2.45, 2.75) is 6.61 Å². The highest BCUT2D eigenvalue weighted by Crippen LogP contribution is 2.37. The maximum absolute atomic E-state index is 13.1. The van der Waals surface area contributed by atoms with Crippen LogP contribution in [0.1, 0.15) is 11.1 Å². The molecule has 1 N–H and O–H groups in total. The number of carbonyl (C=O) groups is 3. The van der Waals surface area contributed by atoms with E-state index in [9.17, 15) is 14.4 Å². The van der Waals surface area contributed by atoms with Crippen LogP contribution in [0, 0.1) is 0 Å². The molecule has 36 heavy (non-hydrogen) atoms. The highest BCUT2D eigenvalue weighted by molar-refractivity contribution is 8.18. The number of thioether (sulfide) groups is 1. The quantitative estimate of drug-likeness (QED) is 0.315. The van der Waals surface area contributed by atoms with Crippen LogP contribution in [-0.4, -0.2) is 28.5 Å². The molecule has 1 aliphatic heterocycles. The summed E-state index contributed by atoms with van der Waals surface area (Å²) in [5.41, 5.74) is 2.32. The summed E-state index contributed by atoms with van der Waals surface area (Å²) in [6.07, 6.45) is 1.68. The van der Waals surface area contributed by atoms with Gasteiger partial charge in [0.25, 0.3) is 11.1 Å². The molecule has 5 rings (SSSR count). The van der Waals surface area contributed by atoms with Gasteiger partial charge in [0.05, 0.1) is 4.91 Å². The zero-order valence-corrected chi connectivity index (χ0v) is 20.0. The lowest BCUT2D eigenvalue weighted by atomic mass is 10.0. The molecule has 0 bridgehead atoms. The minimum atomic E-state index is -0.504. The van der Waals surface area contributed by atoms with Gasteiger partial charge in [-0.05, 0) is 52.4 Å². The minimum Gasteiger partial charge on any atom is -0.488 e. The van der Waals surface area contributed by atoms with Crippen molar-refractivity contribution in [3.05, 3.63) is 113 Å². The molecule has 0 atom stereocenters. The molecule has 0 radical (unpaired) electrons. The summed E-state index contributed by atoms with van der Waals surface area (Å²) in [6.45, 7) is 0.00492. The normalized spacial score (nSPS) is 14.4. The van der Waals surface area contributed by atoms with Crippen molar-refractivity contribution < 1.29 is 19.1 Å². The van der Waals surface area contributed by atoms with Gasteiger partial charge in [0.15, 0.2) is 0 Å². The highest BCUT2D eigenvalue weighted by Gasteiger charge is 2.36. The van der Waals surface area contributed by atoms with Crippen LogP contribution in [0.25, 0.3) is 16.8 Å². The highest BCUT2D eigenvalue weighted by atomic mass is 32.2. The third-order valence-corrected chi connectivity index (χ3v) is 6.58. The third-order valence-electron chi connectivity index (χ3n) is 5.68. The number of para-hydroxylation sites is 1. The largest absolute Gasteiger partial charge is 0.488 e. The number of hydrogen-bond donors (Lipinski definition) is 1. The second-order valence-corrected chi connectivity index (χ2v) is 9.15. The second kappa shape index (κ2) is 10.5. The van der Waals surface area contributed by atoms with Crippen molar-refractivity contribution in [2.75, 3.05) is 11.9 Å². The zero-order valence-electron chi connectivity index (χ0n) is 19.2. The van der Waals surface area contributed by atoms with Crippen LogP contribution in [0.2, 0.25) is 0 Å². The molecule has 0 unspecified atom stereocenters. The first kappa shape index (κ1) is 23.4. The topological polar surface area (TPSA) is 75.7 Å². The van der Waals surface area contributed by atoms with E-state index in [2.05, 4.69) is 5.32 Å². The lowest BCUT2D eigenvalue weighted by Crippen LogP contribution is -2.36. The van der Waals surface area contributed by atoms with Gasteiger partial charge in [-0.1, -0.05) is 78.9 Å². The predicted molar refractivity (Wildman–Crippen MR) is 142 cm³/mol. The van der Waals surface area contributed by atoms with Crippen molar-refractivity contribution in [3.63, 3.8) is 0 Å². The van der Waals surface area contributed by atoms with Gasteiger partial charge in [-0.3, -0.25) is 19.3 Å². The fourth-order valence-electron chi connectivity index (χ4n) is 3.92. The van der Waals surface area contributed by atoms with E-state index in [1.54, 1.807) is 30.3 Å². The minimum absolute atomic E-state index is 0.244. The van der Waals surface area contributed by atoms with Gasteiger partial charge in [0.2, 0.25) is 5.91 Å². The van der Waals surface area contributed by atoms with E-state index in [1.165, 1.54) is 0 Å². The molecular weight excluding hydrogens is 472 g/mol. The summed E-state index contributed by atoms with van der Waals surface area (Å²) in [7, 11) is 0. The number of amides is 3. The summed E-state index contributed by atoms with van der Waals surface area (Å²) in [5, 5.41) is 4.10. The first-order chi connectivity index (χ1) is 17.6. The number of ether oxygens (including phenoxy) is 1. The Kier molecular flexibility index (Phi) is 6.82. The van der Waals surface area contributed by atoms with E-state index >= 15 is 0 Å². The van der Waals surface area contributed by atoms with Gasteiger partial charge in [0.1, 0.15) is 18.9 Å². The van der Waals surface area contributed by atoms with Crippen molar-refractivity contribution in [1.29, 1.82) is 0 Å². The number of rotatable bonds is 7. The average molecular weight is 495 g/mol. The molecular formula is C29H22N2O4S. The van der Waals surface area contributed by atoms with Gasteiger partial charge in [0, 0.05) is 11.3 Å². The number of nitrogens with one attached hydrogen (secondary N) is 1. The van der Waals surface area contributed by atoms with Crippen LogP contribution >= 0.6 is 11.8 Å². The van der Waals surface area contributed by atoms with Crippen LogP contribution in [-0.2, 0) is 16.2 Å². The Hall–Kier alpha value is -4.36. The maximum Gasteiger partial charge on any atom is 0.294 e. The third kappa shape index (κ3) is 5.16. The molecule has 1 saturated heterocycles. The summed E-state index contributed by atoms with van der Waals surface area (Å²) >= 11 is 0.820. The number of fused-ring (bicyclic) bond motifs is 1. The van der Waals surface area contributed by atoms with Gasteiger partial charge >= 0.3 is 0 Å². The van der Waals surface area contributed by atoms with E-state index < -0.39 is 17.1 Å². The summed E-state index contributed by atoms with van der Waals surface area (Å²) < 4.78 is 6.13. The molecule has 0 saturated carbocycles.